The van der Waals surface area contributed by atoms with Crippen LogP contribution >= 0.6 is 0 Å². The minimum atomic E-state index is -4.05. The van der Waals surface area contributed by atoms with Crippen LogP contribution in [0.2, 0.25) is 0 Å². The molecule has 0 heterocycles. The van der Waals surface area contributed by atoms with Gasteiger partial charge in [0.15, 0.2) is 0 Å². The highest BCUT2D eigenvalue weighted by molar-refractivity contribution is 4.70. The van der Waals surface area contributed by atoms with Gasteiger partial charge in [-0.3, -0.25) is 0 Å². The number of unbranched alkanes of at least 4 members (excludes halogenated alkanes) is 1. The molecule has 0 aromatic rings. The number of rotatable bonds is 10. The van der Waals surface area contributed by atoms with Gasteiger partial charge in [-0.15, -0.1) is 0 Å². The molecule has 0 aromatic heterocycles. The summed E-state index contributed by atoms with van der Waals surface area (Å²) in [7, 11) is 0. The maximum Gasteiger partial charge on any atom is 0.330 e. The fourth-order valence-electron chi connectivity index (χ4n) is 1.38. The van der Waals surface area contributed by atoms with Crippen molar-refractivity contribution >= 4 is 0 Å². The summed E-state index contributed by atoms with van der Waals surface area (Å²) in [5, 5.41) is 3.08. The maximum atomic E-state index is 12.5. The molecule has 1 unspecified atom stereocenters. The standard InChI is InChI=1S/C11H21F4NO/c1-3-5-6-9(16-4-2)7-17-8-11(14,15)10(12)13/h9-10,16H,3-8H2,1-2H3. The van der Waals surface area contributed by atoms with Gasteiger partial charge in [-0.05, 0) is 13.0 Å². The summed E-state index contributed by atoms with van der Waals surface area (Å²) in [6, 6.07) is -0.0478. The Morgan fingerprint density at radius 2 is 1.88 bits per heavy atom. The summed E-state index contributed by atoms with van der Waals surface area (Å²) in [5.41, 5.74) is 0. The molecule has 0 rings (SSSR count). The van der Waals surface area contributed by atoms with Crippen LogP contribution in [0.25, 0.3) is 0 Å². The van der Waals surface area contributed by atoms with Crippen LogP contribution < -0.4 is 5.32 Å². The molecular formula is C11H21F4NO. The Balaban J connectivity index is 3.88. The van der Waals surface area contributed by atoms with Crippen molar-refractivity contribution in [2.75, 3.05) is 19.8 Å². The summed E-state index contributed by atoms with van der Waals surface area (Å²) in [6.07, 6.45) is -0.929. The Labute approximate surface area is 99.7 Å². The molecule has 0 aliphatic rings. The van der Waals surface area contributed by atoms with E-state index in [1.165, 1.54) is 0 Å². The molecule has 6 heteroatoms. The molecule has 0 saturated heterocycles. The van der Waals surface area contributed by atoms with Gasteiger partial charge in [0.05, 0.1) is 6.61 Å². The summed E-state index contributed by atoms with van der Waals surface area (Å²) in [6.45, 7) is 3.43. The van der Waals surface area contributed by atoms with Crippen molar-refractivity contribution in [3.05, 3.63) is 0 Å². The fraction of sp³-hybridized carbons (Fsp3) is 1.00. The Kier molecular flexibility index (Phi) is 8.51. The van der Waals surface area contributed by atoms with E-state index in [1.54, 1.807) is 0 Å². The van der Waals surface area contributed by atoms with Crippen molar-refractivity contribution in [1.82, 2.24) is 5.32 Å². The largest absolute Gasteiger partial charge is 0.373 e. The van der Waals surface area contributed by atoms with Crippen LogP contribution in [0.1, 0.15) is 33.1 Å². The summed E-state index contributed by atoms with van der Waals surface area (Å²) < 4.78 is 53.4. The first-order chi connectivity index (χ1) is 7.94. The monoisotopic (exact) mass is 259 g/mol. The molecule has 1 N–H and O–H groups in total. The molecule has 0 saturated carbocycles. The molecule has 0 radical (unpaired) electrons. The van der Waals surface area contributed by atoms with Gasteiger partial charge in [0, 0.05) is 6.04 Å². The van der Waals surface area contributed by atoms with E-state index in [9.17, 15) is 17.6 Å². The highest BCUT2D eigenvalue weighted by Crippen LogP contribution is 2.22. The topological polar surface area (TPSA) is 21.3 Å². The van der Waals surface area contributed by atoms with Crippen molar-refractivity contribution in [2.24, 2.45) is 0 Å². The zero-order chi connectivity index (χ0) is 13.3. The van der Waals surface area contributed by atoms with E-state index in [4.69, 9.17) is 0 Å². The Bertz CT molecular complexity index is 190. The van der Waals surface area contributed by atoms with Crippen LogP contribution in [0.4, 0.5) is 17.6 Å². The first-order valence-corrected chi connectivity index (χ1v) is 5.91. The van der Waals surface area contributed by atoms with Gasteiger partial charge in [-0.25, -0.2) is 8.78 Å². The lowest BCUT2D eigenvalue weighted by molar-refractivity contribution is -0.167. The second-order valence-corrected chi connectivity index (χ2v) is 3.97. The van der Waals surface area contributed by atoms with Gasteiger partial charge < -0.3 is 10.1 Å². The minimum absolute atomic E-state index is 0.0378. The van der Waals surface area contributed by atoms with E-state index >= 15 is 0 Å². The smallest absolute Gasteiger partial charge is 0.330 e. The molecule has 0 bridgehead atoms. The van der Waals surface area contributed by atoms with Crippen LogP contribution in [-0.2, 0) is 4.74 Å². The third kappa shape index (κ3) is 7.54. The molecule has 1 atom stereocenters. The number of hydrogen-bond acceptors (Lipinski definition) is 2. The zero-order valence-electron chi connectivity index (χ0n) is 10.3. The van der Waals surface area contributed by atoms with Crippen LogP contribution in [0, 0.1) is 0 Å². The zero-order valence-corrected chi connectivity index (χ0v) is 10.3. The molecule has 0 aromatic carbocycles. The Morgan fingerprint density at radius 1 is 1.24 bits per heavy atom. The van der Waals surface area contributed by atoms with Gasteiger partial charge in [-0.1, -0.05) is 26.7 Å². The Morgan fingerprint density at radius 3 is 2.35 bits per heavy atom. The number of alkyl halides is 4. The summed E-state index contributed by atoms with van der Waals surface area (Å²) >= 11 is 0. The van der Waals surface area contributed by atoms with E-state index in [-0.39, 0.29) is 12.6 Å². The highest BCUT2D eigenvalue weighted by atomic mass is 19.3. The molecule has 17 heavy (non-hydrogen) atoms. The molecule has 0 fully saturated rings. The normalized spacial score (nSPS) is 14.3. The van der Waals surface area contributed by atoms with Gasteiger partial charge in [0.25, 0.3) is 0 Å². The maximum absolute atomic E-state index is 12.5. The summed E-state index contributed by atoms with van der Waals surface area (Å²) in [4.78, 5) is 0. The van der Waals surface area contributed by atoms with Crippen molar-refractivity contribution < 1.29 is 22.3 Å². The quantitative estimate of drug-likeness (QED) is 0.609. The van der Waals surface area contributed by atoms with Crippen molar-refractivity contribution in [3.63, 3.8) is 0 Å². The van der Waals surface area contributed by atoms with Crippen LogP contribution in [0.5, 0.6) is 0 Å². The van der Waals surface area contributed by atoms with Gasteiger partial charge in [0.2, 0.25) is 0 Å². The van der Waals surface area contributed by atoms with Crippen molar-refractivity contribution in [1.29, 1.82) is 0 Å². The average molecular weight is 259 g/mol. The number of nitrogens with one attached hydrogen (secondary N) is 1. The highest BCUT2D eigenvalue weighted by Gasteiger charge is 2.41. The van der Waals surface area contributed by atoms with E-state index in [0.29, 0.717) is 6.54 Å². The molecule has 0 amide bonds. The van der Waals surface area contributed by atoms with Gasteiger partial charge in [-0.2, -0.15) is 8.78 Å². The lowest BCUT2D eigenvalue weighted by Gasteiger charge is -2.20. The fourth-order valence-corrected chi connectivity index (χ4v) is 1.38. The van der Waals surface area contributed by atoms with E-state index < -0.39 is 19.0 Å². The SMILES string of the molecule is CCCCC(COCC(F)(F)C(F)F)NCC. The van der Waals surface area contributed by atoms with Crippen molar-refractivity contribution in [2.45, 2.75) is 51.5 Å². The number of ether oxygens (including phenoxy) is 1. The van der Waals surface area contributed by atoms with Crippen molar-refractivity contribution in [3.8, 4) is 0 Å². The number of likely N-dealkylation sites (N-methyl/N-ethyl adjacent to an activating group) is 1. The lowest BCUT2D eigenvalue weighted by Crippen LogP contribution is -2.37. The van der Waals surface area contributed by atoms with Crippen LogP contribution in [0.15, 0.2) is 0 Å². The predicted octanol–water partition coefficient (Wildman–Crippen LogP) is 3.07. The number of halogens is 4. The lowest BCUT2D eigenvalue weighted by atomic mass is 10.1. The third-order valence-electron chi connectivity index (χ3n) is 2.33. The number of hydrogen-bond donors (Lipinski definition) is 1. The third-order valence-corrected chi connectivity index (χ3v) is 2.33. The molecule has 104 valence electrons. The minimum Gasteiger partial charge on any atom is -0.373 e. The van der Waals surface area contributed by atoms with E-state index in [0.717, 1.165) is 19.3 Å². The second kappa shape index (κ2) is 8.69. The molecule has 0 spiro atoms. The van der Waals surface area contributed by atoms with Gasteiger partial charge in [0.1, 0.15) is 6.61 Å². The molecule has 0 aliphatic heterocycles. The van der Waals surface area contributed by atoms with E-state index in [1.807, 2.05) is 13.8 Å². The van der Waals surface area contributed by atoms with Crippen LogP contribution in [-0.4, -0.2) is 38.1 Å². The predicted molar refractivity (Wildman–Crippen MR) is 58.8 cm³/mol. The second-order valence-electron chi connectivity index (χ2n) is 3.97. The van der Waals surface area contributed by atoms with E-state index in [2.05, 4.69) is 10.1 Å². The summed E-state index contributed by atoms with van der Waals surface area (Å²) in [5.74, 6) is -4.05. The average Bonchev–Trinajstić information content (AvgIpc) is 2.25. The first kappa shape index (κ1) is 16.6. The Hall–Kier alpha value is -0.360. The molecule has 0 aliphatic carbocycles. The van der Waals surface area contributed by atoms with Crippen LogP contribution in [0.3, 0.4) is 0 Å². The van der Waals surface area contributed by atoms with Gasteiger partial charge >= 0.3 is 12.3 Å². The molecule has 2 nitrogen and oxygen atoms in total. The first-order valence-electron chi connectivity index (χ1n) is 5.91. The molecular weight excluding hydrogens is 238 g/mol.